The minimum absolute atomic E-state index is 0.190. The first-order valence-corrected chi connectivity index (χ1v) is 5.60. The average molecular weight is 212 g/mol. The van der Waals surface area contributed by atoms with Crippen LogP contribution >= 0.6 is 0 Å². The second-order valence-corrected chi connectivity index (χ2v) is 4.99. The van der Waals surface area contributed by atoms with Crippen LogP contribution in [0.25, 0.3) is 0 Å². The van der Waals surface area contributed by atoms with Crippen molar-refractivity contribution in [1.82, 2.24) is 4.90 Å². The van der Waals surface area contributed by atoms with Crippen LogP contribution in [0, 0.1) is 5.92 Å². The van der Waals surface area contributed by atoms with Crippen LogP contribution in [-0.4, -0.2) is 36.1 Å². The molecule has 3 heteroatoms. The predicted molar refractivity (Wildman–Crippen MR) is 60.4 cm³/mol. The van der Waals surface area contributed by atoms with Crippen molar-refractivity contribution in [2.75, 3.05) is 13.2 Å². The molecule has 0 aromatic heterocycles. The Morgan fingerprint density at radius 3 is 2.73 bits per heavy atom. The van der Waals surface area contributed by atoms with E-state index in [9.17, 15) is 4.79 Å². The maximum atomic E-state index is 10.4. The van der Waals surface area contributed by atoms with Crippen LogP contribution in [0.15, 0.2) is 0 Å². The fraction of sp³-hybridized carbons (Fsp3) is 0.833. The molecule has 1 fully saturated rings. The third kappa shape index (κ3) is 3.28. The van der Waals surface area contributed by atoms with Crippen LogP contribution in [-0.2, 0) is 9.53 Å². The van der Waals surface area contributed by atoms with E-state index in [1.54, 1.807) is 0 Å². The first-order valence-electron chi connectivity index (χ1n) is 5.60. The van der Waals surface area contributed by atoms with E-state index < -0.39 is 0 Å². The second kappa shape index (κ2) is 5.08. The van der Waals surface area contributed by atoms with E-state index >= 15 is 0 Å². The quantitative estimate of drug-likeness (QED) is 0.653. The molecule has 3 nitrogen and oxygen atoms in total. The average Bonchev–Trinajstić information content (AvgIpc) is 2.40. The second-order valence-electron chi connectivity index (χ2n) is 4.99. The number of aldehydes is 1. The summed E-state index contributed by atoms with van der Waals surface area (Å²) in [5, 5.41) is 0. The molecule has 1 rings (SSSR count). The van der Waals surface area contributed by atoms with E-state index in [2.05, 4.69) is 32.6 Å². The molecule has 0 aliphatic carbocycles. The number of hydrogen-bond acceptors (Lipinski definition) is 3. The van der Waals surface area contributed by atoms with Crippen molar-refractivity contribution in [3.05, 3.63) is 5.92 Å². The van der Waals surface area contributed by atoms with Gasteiger partial charge in [-0.2, -0.15) is 0 Å². The molecular formula is C12H22NO2. The summed E-state index contributed by atoms with van der Waals surface area (Å²) >= 11 is 0. The van der Waals surface area contributed by atoms with Gasteiger partial charge >= 0.3 is 0 Å². The molecule has 1 atom stereocenters. The Kier molecular flexibility index (Phi) is 4.29. The summed E-state index contributed by atoms with van der Waals surface area (Å²) in [6.07, 6.45) is 2.52. The van der Waals surface area contributed by atoms with Crippen LogP contribution in [0.2, 0.25) is 0 Å². The number of rotatable bonds is 5. The summed E-state index contributed by atoms with van der Waals surface area (Å²) in [7, 11) is 0. The molecule has 15 heavy (non-hydrogen) atoms. The van der Waals surface area contributed by atoms with Crippen LogP contribution < -0.4 is 0 Å². The van der Waals surface area contributed by atoms with Gasteiger partial charge < -0.3 is 9.53 Å². The topological polar surface area (TPSA) is 29.5 Å². The maximum Gasteiger partial charge on any atom is 0.120 e. The van der Waals surface area contributed by atoms with Gasteiger partial charge in [0.2, 0.25) is 0 Å². The Bertz CT molecular complexity index is 214. The van der Waals surface area contributed by atoms with Gasteiger partial charge in [-0.05, 0) is 26.2 Å². The zero-order valence-corrected chi connectivity index (χ0v) is 10.2. The molecule has 0 N–H and O–H groups in total. The lowest BCUT2D eigenvalue weighted by molar-refractivity contribution is -0.108. The van der Waals surface area contributed by atoms with E-state index in [1.807, 2.05) is 0 Å². The van der Waals surface area contributed by atoms with Gasteiger partial charge in [0.15, 0.2) is 0 Å². The molecule has 0 saturated carbocycles. The Morgan fingerprint density at radius 1 is 1.53 bits per heavy atom. The van der Waals surface area contributed by atoms with Crippen molar-refractivity contribution >= 4 is 6.29 Å². The zero-order chi connectivity index (χ0) is 11.5. The minimum Gasteiger partial charge on any atom is -0.359 e. The van der Waals surface area contributed by atoms with Crippen LogP contribution in [0.5, 0.6) is 0 Å². The first kappa shape index (κ1) is 12.7. The molecule has 0 spiro atoms. The molecule has 1 aliphatic rings. The molecule has 0 amide bonds. The molecule has 1 aliphatic heterocycles. The molecule has 1 radical (unpaired) electrons. The maximum absolute atomic E-state index is 10.4. The summed E-state index contributed by atoms with van der Waals surface area (Å²) in [6.45, 7) is 10.1. The third-order valence-electron chi connectivity index (χ3n) is 2.87. The van der Waals surface area contributed by atoms with Gasteiger partial charge in [0.1, 0.15) is 12.0 Å². The van der Waals surface area contributed by atoms with Crippen molar-refractivity contribution in [2.45, 2.75) is 52.3 Å². The lowest BCUT2D eigenvalue weighted by atomic mass is 10.1. The van der Waals surface area contributed by atoms with E-state index in [4.69, 9.17) is 4.74 Å². The van der Waals surface area contributed by atoms with E-state index in [-0.39, 0.29) is 5.72 Å². The normalized spacial score (nSPS) is 26.1. The Labute approximate surface area is 92.8 Å². The SMILES string of the molecule is C[C](C)CN1[C@@H](CCC=O)COC1(C)C. The predicted octanol–water partition coefficient (Wildman–Crippen LogP) is 2.02. The third-order valence-corrected chi connectivity index (χ3v) is 2.87. The lowest BCUT2D eigenvalue weighted by Gasteiger charge is -2.34. The van der Waals surface area contributed by atoms with Gasteiger partial charge in [-0.15, -0.1) is 0 Å². The molecule has 0 aromatic rings. The molecule has 0 unspecified atom stereocenters. The van der Waals surface area contributed by atoms with Gasteiger partial charge in [0.05, 0.1) is 6.61 Å². The standard InChI is InChI=1S/C12H22NO2/c1-10(2)8-13-11(6-5-7-14)9-15-12(13,3)4/h7,11H,5-6,8-9H2,1-4H3/t11-/m0/s1. The largest absolute Gasteiger partial charge is 0.359 e. The first-order chi connectivity index (χ1) is 6.97. The van der Waals surface area contributed by atoms with Crippen molar-refractivity contribution in [1.29, 1.82) is 0 Å². The molecule has 87 valence electrons. The smallest absolute Gasteiger partial charge is 0.120 e. The number of ether oxygens (including phenoxy) is 1. The van der Waals surface area contributed by atoms with Crippen LogP contribution in [0.4, 0.5) is 0 Å². The molecular weight excluding hydrogens is 190 g/mol. The fourth-order valence-corrected chi connectivity index (χ4v) is 2.07. The van der Waals surface area contributed by atoms with E-state index in [0.717, 1.165) is 25.9 Å². The highest BCUT2D eigenvalue weighted by Gasteiger charge is 2.39. The van der Waals surface area contributed by atoms with Crippen molar-refractivity contribution in [3.63, 3.8) is 0 Å². The van der Waals surface area contributed by atoms with Gasteiger partial charge in [0, 0.05) is 19.0 Å². The summed E-state index contributed by atoms with van der Waals surface area (Å²) in [5.74, 6) is 1.38. The molecule has 1 saturated heterocycles. The fourth-order valence-electron chi connectivity index (χ4n) is 2.07. The Morgan fingerprint density at radius 2 is 2.20 bits per heavy atom. The summed E-state index contributed by atoms with van der Waals surface area (Å²) in [5.41, 5.74) is -0.190. The number of hydrogen-bond donors (Lipinski definition) is 0. The van der Waals surface area contributed by atoms with Crippen molar-refractivity contribution < 1.29 is 9.53 Å². The number of carbonyl (C=O) groups excluding carboxylic acids is 1. The Balaban J connectivity index is 2.59. The molecule has 0 bridgehead atoms. The van der Waals surface area contributed by atoms with E-state index in [1.165, 1.54) is 5.92 Å². The number of carbonyl (C=O) groups is 1. The summed E-state index contributed by atoms with van der Waals surface area (Å²) in [4.78, 5) is 12.7. The summed E-state index contributed by atoms with van der Waals surface area (Å²) in [6, 6.07) is 0.389. The highest BCUT2D eigenvalue weighted by molar-refractivity contribution is 5.49. The van der Waals surface area contributed by atoms with Gasteiger partial charge in [-0.25, -0.2) is 0 Å². The Hall–Kier alpha value is -0.410. The monoisotopic (exact) mass is 212 g/mol. The molecule has 1 heterocycles. The minimum atomic E-state index is -0.190. The van der Waals surface area contributed by atoms with Gasteiger partial charge in [-0.3, -0.25) is 4.90 Å². The lowest BCUT2D eigenvalue weighted by Crippen LogP contribution is -2.45. The highest BCUT2D eigenvalue weighted by atomic mass is 16.5. The van der Waals surface area contributed by atoms with Crippen molar-refractivity contribution in [3.8, 4) is 0 Å². The van der Waals surface area contributed by atoms with Gasteiger partial charge in [-0.1, -0.05) is 13.8 Å². The van der Waals surface area contributed by atoms with Gasteiger partial charge in [0.25, 0.3) is 0 Å². The van der Waals surface area contributed by atoms with E-state index in [0.29, 0.717) is 12.5 Å². The molecule has 0 aromatic carbocycles. The van der Waals surface area contributed by atoms with Crippen molar-refractivity contribution in [2.24, 2.45) is 0 Å². The summed E-state index contributed by atoms with van der Waals surface area (Å²) < 4.78 is 5.76. The highest BCUT2D eigenvalue weighted by Crippen LogP contribution is 2.30. The zero-order valence-electron chi connectivity index (χ0n) is 10.2. The van der Waals surface area contributed by atoms with Crippen LogP contribution in [0.1, 0.15) is 40.5 Å². The van der Waals surface area contributed by atoms with Crippen LogP contribution in [0.3, 0.4) is 0 Å². The number of nitrogens with zero attached hydrogens (tertiary/aromatic N) is 1.